The predicted octanol–water partition coefficient (Wildman–Crippen LogP) is -0.0939. The van der Waals surface area contributed by atoms with Crippen molar-refractivity contribution in [2.45, 2.75) is 6.73 Å². The lowest BCUT2D eigenvalue weighted by atomic mass is 10.9. The molecule has 0 unspecified atom stereocenters. The van der Waals surface area contributed by atoms with Crippen molar-refractivity contribution in [3.63, 3.8) is 0 Å². The molecule has 0 saturated heterocycles. The molecule has 1 aromatic heterocycles. The van der Waals surface area contributed by atoms with Crippen molar-refractivity contribution in [1.29, 1.82) is 0 Å². The number of hydrogen-bond acceptors (Lipinski definition) is 1. The normalized spacial score (nSPS) is 9.62. The van der Waals surface area contributed by atoms with Crippen molar-refractivity contribution in [2.24, 2.45) is 0 Å². The molecular weight excluding hydrogens is 104 g/mol. The van der Waals surface area contributed by atoms with Crippen LogP contribution in [0.4, 0.5) is 0 Å². The zero-order valence-corrected chi connectivity index (χ0v) is 4.79. The maximum absolute atomic E-state index is 4.83. The van der Waals surface area contributed by atoms with E-state index < -0.39 is 0 Å². The number of hydrogen-bond donors (Lipinski definition) is 1. The van der Waals surface area contributed by atoms with Gasteiger partial charge in [-0.05, 0) is 0 Å². The Hall–Kier alpha value is -0.830. The largest absolute Gasteiger partial charge is 0.345 e. The molecular formula is C5H9N2O+. The van der Waals surface area contributed by atoms with Gasteiger partial charge < -0.3 is 4.74 Å². The van der Waals surface area contributed by atoms with Crippen molar-refractivity contribution in [2.75, 3.05) is 7.11 Å². The molecule has 0 amide bonds. The maximum Gasteiger partial charge on any atom is 0.243 e. The Morgan fingerprint density at radius 2 is 2.62 bits per heavy atom. The summed E-state index contributed by atoms with van der Waals surface area (Å²) >= 11 is 0. The van der Waals surface area contributed by atoms with Gasteiger partial charge in [-0.1, -0.05) is 0 Å². The summed E-state index contributed by atoms with van der Waals surface area (Å²) in [4.78, 5) is 2.90. The fourth-order valence-electron chi connectivity index (χ4n) is 0.550. The number of methoxy groups -OCH3 is 1. The summed E-state index contributed by atoms with van der Waals surface area (Å²) in [6, 6.07) is 0. The van der Waals surface area contributed by atoms with Crippen LogP contribution >= 0.6 is 0 Å². The van der Waals surface area contributed by atoms with E-state index in [1.807, 2.05) is 23.3 Å². The van der Waals surface area contributed by atoms with Gasteiger partial charge >= 0.3 is 0 Å². The van der Waals surface area contributed by atoms with Gasteiger partial charge in [-0.2, -0.15) is 0 Å². The molecule has 0 radical (unpaired) electrons. The average molecular weight is 113 g/mol. The number of aromatic nitrogens is 2. The average Bonchev–Trinajstić information content (AvgIpc) is 2.19. The molecule has 0 aromatic carbocycles. The Labute approximate surface area is 47.9 Å². The van der Waals surface area contributed by atoms with Crippen LogP contribution < -0.4 is 4.57 Å². The molecule has 0 aliphatic carbocycles. The first-order valence-corrected chi connectivity index (χ1v) is 2.44. The minimum Gasteiger partial charge on any atom is -0.345 e. The molecule has 0 fully saturated rings. The highest BCUT2D eigenvalue weighted by molar-refractivity contribution is 4.54. The van der Waals surface area contributed by atoms with Crippen LogP contribution in [0.15, 0.2) is 18.7 Å². The molecule has 44 valence electrons. The van der Waals surface area contributed by atoms with Crippen molar-refractivity contribution >= 4 is 0 Å². The number of nitrogens with zero attached hydrogens (tertiary/aromatic N) is 1. The molecule has 1 heterocycles. The molecule has 3 heteroatoms. The number of rotatable bonds is 2. The summed E-state index contributed by atoms with van der Waals surface area (Å²) in [5.41, 5.74) is 0. The summed E-state index contributed by atoms with van der Waals surface area (Å²) in [6.07, 6.45) is 5.59. The third-order valence-electron chi connectivity index (χ3n) is 0.881. The van der Waals surface area contributed by atoms with Gasteiger partial charge in [-0.3, -0.25) is 4.98 Å². The van der Waals surface area contributed by atoms with Crippen LogP contribution in [0, 0.1) is 0 Å². The van der Waals surface area contributed by atoms with Crippen LogP contribution in [0.2, 0.25) is 0 Å². The molecule has 0 aliphatic rings. The number of aromatic amines is 1. The van der Waals surface area contributed by atoms with E-state index in [-0.39, 0.29) is 0 Å². The van der Waals surface area contributed by atoms with E-state index in [9.17, 15) is 0 Å². The Morgan fingerprint density at radius 3 is 3.12 bits per heavy atom. The smallest absolute Gasteiger partial charge is 0.243 e. The maximum atomic E-state index is 4.83. The number of nitrogens with one attached hydrogen (secondary N) is 1. The Kier molecular flexibility index (Phi) is 1.64. The van der Waals surface area contributed by atoms with Crippen molar-refractivity contribution in [1.82, 2.24) is 4.98 Å². The summed E-state index contributed by atoms with van der Waals surface area (Å²) in [6.45, 7) is 0.615. The van der Waals surface area contributed by atoms with Gasteiger partial charge in [-0.25, -0.2) is 4.57 Å². The molecule has 0 spiro atoms. The highest BCUT2D eigenvalue weighted by atomic mass is 16.5. The second-order valence-electron chi connectivity index (χ2n) is 1.54. The lowest BCUT2D eigenvalue weighted by Crippen LogP contribution is -2.31. The summed E-state index contributed by atoms with van der Waals surface area (Å²) in [7, 11) is 1.67. The summed E-state index contributed by atoms with van der Waals surface area (Å²) in [5.74, 6) is 0. The highest BCUT2D eigenvalue weighted by Gasteiger charge is 1.89. The standard InChI is InChI=1S/C5H8N2O/c1-8-5-7-3-2-6-4-7/h2-4H,5H2,1H3/p+1. The summed E-state index contributed by atoms with van der Waals surface area (Å²) in [5, 5.41) is 0. The first-order chi connectivity index (χ1) is 3.93. The number of H-pyrrole nitrogens is 1. The van der Waals surface area contributed by atoms with Crippen molar-refractivity contribution in [3.05, 3.63) is 18.7 Å². The second-order valence-corrected chi connectivity index (χ2v) is 1.54. The fraction of sp³-hybridized carbons (Fsp3) is 0.400. The van der Waals surface area contributed by atoms with E-state index in [2.05, 4.69) is 4.98 Å². The summed E-state index contributed by atoms with van der Waals surface area (Å²) < 4.78 is 6.73. The van der Waals surface area contributed by atoms with Gasteiger partial charge in [0.25, 0.3) is 0 Å². The lowest BCUT2D eigenvalue weighted by Gasteiger charge is -1.88. The van der Waals surface area contributed by atoms with E-state index >= 15 is 0 Å². The van der Waals surface area contributed by atoms with Crippen LogP contribution in [-0.2, 0) is 11.5 Å². The molecule has 1 N–H and O–H groups in total. The molecule has 0 bridgehead atoms. The van der Waals surface area contributed by atoms with Gasteiger partial charge in [-0.15, -0.1) is 0 Å². The third kappa shape index (κ3) is 1.07. The molecule has 0 atom stereocenters. The SMILES string of the molecule is COC[n+]1cc[nH]c1. The molecule has 0 saturated carbocycles. The number of ether oxygens (including phenoxy) is 1. The van der Waals surface area contributed by atoms with Crippen LogP contribution in [-0.4, -0.2) is 12.1 Å². The van der Waals surface area contributed by atoms with Crippen molar-refractivity contribution < 1.29 is 9.30 Å². The fourth-order valence-corrected chi connectivity index (χ4v) is 0.550. The molecule has 1 aromatic rings. The Bertz CT molecular complexity index is 136. The van der Waals surface area contributed by atoms with Crippen molar-refractivity contribution in [3.8, 4) is 0 Å². The van der Waals surface area contributed by atoms with E-state index in [0.29, 0.717) is 6.73 Å². The van der Waals surface area contributed by atoms with Gasteiger partial charge in [0.2, 0.25) is 6.33 Å². The quantitative estimate of drug-likeness (QED) is 0.533. The predicted molar refractivity (Wildman–Crippen MR) is 28.0 cm³/mol. The second kappa shape index (κ2) is 2.47. The van der Waals surface area contributed by atoms with E-state index in [4.69, 9.17) is 4.74 Å². The van der Waals surface area contributed by atoms with Crippen LogP contribution in [0.25, 0.3) is 0 Å². The van der Waals surface area contributed by atoms with E-state index in [1.165, 1.54) is 0 Å². The van der Waals surface area contributed by atoms with Gasteiger partial charge in [0.15, 0.2) is 6.73 Å². The van der Waals surface area contributed by atoms with Crippen LogP contribution in [0.5, 0.6) is 0 Å². The van der Waals surface area contributed by atoms with Gasteiger partial charge in [0.1, 0.15) is 12.4 Å². The minimum absolute atomic E-state index is 0.615. The van der Waals surface area contributed by atoms with E-state index in [0.717, 1.165) is 0 Å². The first-order valence-electron chi connectivity index (χ1n) is 2.44. The topological polar surface area (TPSA) is 28.9 Å². The lowest BCUT2D eigenvalue weighted by molar-refractivity contribution is -0.730. The highest BCUT2D eigenvalue weighted by Crippen LogP contribution is 1.68. The van der Waals surface area contributed by atoms with E-state index in [1.54, 1.807) is 7.11 Å². The Balaban J connectivity index is 2.50. The molecule has 0 aliphatic heterocycles. The van der Waals surface area contributed by atoms with Gasteiger partial charge in [0, 0.05) is 7.11 Å². The molecule has 8 heavy (non-hydrogen) atoms. The minimum atomic E-state index is 0.615. The van der Waals surface area contributed by atoms with Gasteiger partial charge in [0.05, 0.1) is 0 Å². The zero-order chi connectivity index (χ0) is 5.82. The first kappa shape index (κ1) is 5.31. The van der Waals surface area contributed by atoms with Crippen LogP contribution in [0.3, 0.4) is 0 Å². The Morgan fingerprint density at radius 1 is 1.75 bits per heavy atom. The third-order valence-corrected chi connectivity index (χ3v) is 0.881. The molecule has 3 nitrogen and oxygen atoms in total. The monoisotopic (exact) mass is 113 g/mol. The zero-order valence-electron chi connectivity index (χ0n) is 4.79. The van der Waals surface area contributed by atoms with Crippen LogP contribution in [0.1, 0.15) is 0 Å². The number of imidazole rings is 1. The molecule has 1 rings (SSSR count).